The zero-order chi connectivity index (χ0) is 26.6. The molecule has 1 atom stereocenters. The van der Waals surface area contributed by atoms with Crippen molar-refractivity contribution in [3.05, 3.63) is 102 Å². The second-order valence-corrected chi connectivity index (χ2v) is 9.15. The molecule has 4 nitrogen and oxygen atoms in total. The number of ether oxygens (including phenoxy) is 1. The quantitative estimate of drug-likeness (QED) is 0.284. The molecule has 4 aromatic carbocycles. The van der Waals surface area contributed by atoms with Gasteiger partial charge in [-0.3, -0.25) is 4.79 Å². The maximum absolute atomic E-state index is 13.1. The van der Waals surface area contributed by atoms with E-state index in [0.29, 0.717) is 23.4 Å². The van der Waals surface area contributed by atoms with Crippen LogP contribution in [0.3, 0.4) is 0 Å². The van der Waals surface area contributed by atoms with Gasteiger partial charge in [0.15, 0.2) is 6.61 Å². The lowest BCUT2D eigenvalue weighted by molar-refractivity contribution is -0.137. The Morgan fingerprint density at radius 3 is 2.35 bits per heavy atom. The van der Waals surface area contributed by atoms with E-state index < -0.39 is 11.7 Å². The average Bonchev–Trinajstić information content (AvgIpc) is 2.89. The number of likely N-dealkylation sites (N-methyl/N-ethyl adjacent to an activating group) is 1. The third-order valence-electron chi connectivity index (χ3n) is 6.32. The summed E-state index contributed by atoms with van der Waals surface area (Å²) in [6.45, 7) is 2.47. The largest absolute Gasteiger partial charge is 0.483 e. The summed E-state index contributed by atoms with van der Waals surface area (Å²) in [4.78, 5) is 13.5. The summed E-state index contributed by atoms with van der Waals surface area (Å²) in [5, 5.41) is 5.91. The minimum absolute atomic E-state index is 0.0641. The Bertz CT molecular complexity index is 1380. The van der Waals surface area contributed by atoms with Gasteiger partial charge in [-0.25, -0.2) is 0 Å². The van der Waals surface area contributed by atoms with E-state index in [9.17, 15) is 18.0 Å². The molecule has 1 amide bonds. The van der Waals surface area contributed by atoms with Crippen molar-refractivity contribution in [3.63, 3.8) is 0 Å². The van der Waals surface area contributed by atoms with Gasteiger partial charge >= 0.3 is 6.18 Å². The minimum atomic E-state index is -4.42. The number of amides is 1. The third kappa shape index (κ3) is 6.30. The van der Waals surface area contributed by atoms with Crippen molar-refractivity contribution in [2.75, 3.05) is 20.7 Å². The van der Waals surface area contributed by atoms with Crippen LogP contribution in [0.15, 0.2) is 84.9 Å². The van der Waals surface area contributed by atoms with Gasteiger partial charge in [0.25, 0.3) is 5.91 Å². The molecular weight excluding hydrogens is 477 g/mol. The SMILES string of the molecule is C[C@@H](NCc1ccc(OCC(=O)N(C)C)c(-c2ccc(C(F)(F)F)cc2)c1)c1cccc2ccccc12. The van der Waals surface area contributed by atoms with E-state index in [1.54, 1.807) is 20.2 Å². The number of hydrogen-bond donors (Lipinski definition) is 1. The van der Waals surface area contributed by atoms with E-state index in [2.05, 4.69) is 36.5 Å². The fourth-order valence-corrected chi connectivity index (χ4v) is 4.15. The van der Waals surface area contributed by atoms with Crippen LogP contribution in [0.2, 0.25) is 0 Å². The molecular formula is C30H29F3N2O2. The van der Waals surface area contributed by atoms with Crippen molar-refractivity contribution in [1.82, 2.24) is 10.2 Å². The molecule has 0 aliphatic carbocycles. The fourth-order valence-electron chi connectivity index (χ4n) is 4.15. The molecule has 4 aromatic rings. The van der Waals surface area contributed by atoms with Crippen LogP contribution in [0.25, 0.3) is 21.9 Å². The summed E-state index contributed by atoms with van der Waals surface area (Å²) in [6, 6.07) is 25.0. The number of nitrogens with one attached hydrogen (secondary N) is 1. The first-order valence-electron chi connectivity index (χ1n) is 12.0. The topological polar surface area (TPSA) is 41.6 Å². The molecule has 0 saturated carbocycles. The fraction of sp³-hybridized carbons (Fsp3) is 0.233. The molecule has 0 aliphatic heterocycles. The summed E-state index contributed by atoms with van der Waals surface area (Å²) >= 11 is 0. The second kappa shape index (κ2) is 11.0. The number of rotatable bonds is 8. The molecule has 192 valence electrons. The van der Waals surface area contributed by atoms with Crippen LogP contribution in [0, 0.1) is 0 Å². The Labute approximate surface area is 214 Å². The van der Waals surface area contributed by atoms with Gasteiger partial charge in [0.1, 0.15) is 5.75 Å². The molecule has 7 heteroatoms. The number of carbonyl (C=O) groups is 1. The van der Waals surface area contributed by atoms with E-state index in [1.807, 2.05) is 30.3 Å². The average molecular weight is 507 g/mol. The van der Waals surface area contributed by atoms with E-state index in [4.69, 9.17) is 4.74 Å². The molecule has 0 heterocycles. The second-order valence-electron chi connectivity index (χ2n) is 9.15. The van der Waals surface area contributed by atoms with Crippen molar-refractivity contribution in [3.8, 4) is 16.9 Å². The molecule has 0 aliphatic rings. The van der Waals surface area contributed by atoms with Gasteiger partial charge in [0.2, 0.25) is 0 Å². The lowest BCUT2D eigenvalue weighted by atomic mass is 9.98. The molecule has 4 rings (SSSR count). The van der Waals surface area contributed by atoms with E-state index in [-0.39, 0.29) is 18.6 Å². The highest BCUT2D eigenvalue weighted by atomic mass is 19.4. The normalized spacial score (nSPS) is 12.4. The van der Waals surface area contributed by atoms with Crippen molar-refractivity contribution in [2.45, 2.75) is 25.7 Å². The van der Waals surface area contributed by atoms with Crippen molar-refractivity contribution >= 4 is 16.7 Å². The Kier molecular flexibility index (Phi) is 7.83. The van der Waals surface area contributed by atoms with Crippen molar-refractivity contribution in [1.29, 1.82) is 0 Å². The molecule has 0 unspecified atom stereocenters. The van der Waals surface area contributed by atoms with Crippen LogP contribution in [-0.2, 0) is 17.5 Å². The van der Waals surface area contributed by atoms with Gasteiger partial charge in [-0.1, -0.05) is 60.7 Å². The van der Waals surface area contributed by atoms with E-state index in [1.165, 1.54) is 33.4 Å². The number of carbonyl (C=O) groups excluding carboxylic acids is 1. The Morgan fingerprint density at radius 1 is 0.946 bits per heavy atom. The number of benzene rings is 4. The lowest BCUT2D eigenvalue weighted by Crippen LogP contribution is -2.27. The van der Waals surface area contributed by atoms with Gasteiger partial charge in [0, 0.05) is 32.2 Å². The zero-order valence-electron chi connectivity index (χ0n) is 21.0. The Hall–Kier alpha value is -3.84. The maximum Gasteiger partial charge on any atom is 0.416 e. The summed E-state index contributed by atoms with van der Waals surface area (Å²) in [6.07, 6.45) is -4.42. The molecule has 37 heavy (non-hydrogen) atoms. The number of halogens is 3. The smallest absolute Gasteiger partial charge is 0.416 e. The van der Waals surface area contributed by atoms with E-state index >= 15 is 0 Å². The van der Waals surface area contributed by atoms with Crippen LogP contribution in [-0.4, -0.2) is 31.5 Å². The first-order valence-corrected chi connectivity index (χ1v) is 12.0. The number of hydrogen-bond acceptors (Lipinski definition) is 3. The molecule has 0 spiro atoms. The number of fused-ring (bicyclic) bond motifs is 1. The molecule has 0 radical (unpaired) electrons. The van der Waals surface area contributed by atoms with Gasteiger partial charge in [0.05, 0.1) is 5.56 Å². The van der Waals surface area contributed by atoms with Crippen LogP contribution >= 0.6 is 0 Å². The first kappa shape index (κ1) is 26.2. The summed E-state index contributed by atoms with van der Waals surface area (Å²) in [5.74, 6) is 0.217. The number of alkyl halides is 3. The highest BCUT2D eigenvalue weighted by Gasteiger charge is 2.30. The predicted octanol–water partition coefficient (Wildman–Crippen LogP) is 6.84. The monoisotopic (exact) mass is 506 g/mol. The van der Waals surface area contributed by atoms with E-state index in [0.717, 1.165) is 17.7 Å². The van der Waals surface area contributed by atoms with Crippen LogP contribution in [0.5, 0.6) is 5.75 Å². The van der Waals surface area contributed by atoms with Gasteiger partial charge in [-0.15, -0.1) is 0 Å². The highest BCUT2D eigenvalue weighted by Crippen LogP contribution is 2.35. The molecule has 0 fully saturated rings. The summed E-state index contributed by atoms with van der Waals surface area (Å²) in [7, 11) is 3.27. The molecule has 0 bridgehead atoms. The zero-order valence-corrected chi connectivity index (χ0v) is 21.0. The standard InChI is InChI=1S/C30H29F3N2O2/c1-20(25-10-6-8-22-7-4-5-9-26(22)25)34-18-21-11-16-28(37-19-29(36)35(2)3)27(17-21)23-12-14-24(15-13-23)30(31,32)33/h4-17,20,34H,18-19H2,1-3H3/t20-/m1/s1. The van der Waals surface area contributed by atoms with Crippen LogP contribution in [0.1, 0.15) is 29.7 Å². The summed E-state index contributed by atoms with van der Waals surface area (Å²) in [5.41, 5.74) is 2.60. The maximum atomic E-state index is 13.1. The number of nitrogens with zero attached hydrogens (tertiary/aromatic N) is 1. The van der Waals surface area contributed by atoms with Crippen LogP contribution in [0.4, 0.5) is 13.2 Å². The Morgan fingerprint density at radius 2 is 1.65 bits per heavy atom. The van der Waals surface area contributed by atoms with Crippen molar-refractivity contribution in [2.24, 2.45) is 0 Å². The van der Waals surface area contributed by atoms with Gasteiger partial charge in [-0.05, 0) is 58.7 Å². The van der Waals surface area contributed by atoms with Crippen LogP contribution < -0.4 is 10.1 Å². The molecule has 0 saturated heterocycles. The minimum Gasteiger partial charge on any atom is -0.483 e. The third-order valence-corrected chi connectivity index (χ3v) is 6.32. The Balaban J connectivity index is 1.59. The molecule has 0 aromatic heterocycles. The van der Waals surface area contributed by atoms with Gasteiger partial charge in [-0.2, -0.15) is 13.2 Å². The summed E-state index contributed by atoms with van der Waals surface area (Å²) < 4.78 is 45.0. The highest BCUT2D eigenvalue weighted by molar-refractivity contribution is 5.86. The van der Waals surface area contributed by atoms with Gasteiger partial charge < -0.3 is 15.0 Å². The first-order chi connectivity index (χ1) is 17.6. The van der Waals surface area contributed by atoms with Crippen molar-refractivity contribution < 1.29 is 22.7 Å². The lowest BCUT2D eigenvalue weighted by Gasteiger charge is -2.18. The molecule has 1 N–H and O–H groups in total. The predicted molar refractivity (Wildman–Crippen MR) is 140 cm³/mol.